The zero-order valence-corrected chi connectivity index (χ0v) is 10.5. The fraction of sp³-hybridized carbons (Fsp3) is 0.214. The number of hydrogen-bond donors (Lipinski definition) is 1. The van der Waals surface area contributed by atoms with Crippen LogP contribution in [0.25, 0.3) is 0 Å². The molecule has 1 aromatic carbocycles. The van der Waals surface area contributed by atoms with E-state index in [0.717, 1.165) is 5.56 Å². The summed E-state index contributed by atoms with van der Waals surface area (Å²) in [6.07, 6.45) is 0.671. The van der Waals surface area contributed by atoms with Crippen LogP contribution in [0.1, 0.15) is 11.3 Å². The van der Waals surface area contributed by atoms with Gasteiger partial charge >= 0.3 is 0 Å². The first-order valence-corrected chi connectivity index (χ1v) is 5.94. The van der Waals surface area contributed by atoms with Gasteiger partial charge in [0.2, 0.25) is 5.69 Å². The summed E-state index contributed by atoms with van der Waals surface area (Å²) >= 11 is 0. The van der Waals surface area contributed by atoms with Gasteiger partial charge in [0.15, 0.2) is 5.75 Å². The van der Waals surface area contributed by atoms with Gasteiger partial charge < -0.3 is 9.67 Å². The number of pyridine rings is 1. The van der Waals surface area contributed by atoms with Crippen molar-refractivity contribution >= 4 is 5.69 Å². The Hall–Kier alpha value is -2.43. The minimum atomic E-state index is -0.552. The molecule has 1 heterocycles. The maximum atomic E-state index is 12.0. The summed E-state index contributed by atoms with van der Waals surface area (Å²) in [6.45, 7) is 2.15. The fourth-order valence-electron chi connectivity index (χ4n) is 1.99. The highest BCUT2D eigenvalue weighted by Crippen LogP contribution is 2.22. The second-order valence-corrected chi connectivity index (χ2v) is 4.30. The Kier molecular flexibility index (Phi) is 3.75. The van der Waals surface area contributed by atoms with Crippen LogP contribution in [0.15, 0.2) is 46.4 Å². The Bertz CT molecular complexity index is 648. The molecule has 1 N–H and O–H groups in total. The van der Waals surface area contributed by atoms with Crippen molar-refractivity contribution in [2.45, 2.75) is 19.9 Å². The summed E-state index contributed by atoms with van der Waals surface area (Å²) in [4.78, 5) is 22.5. The molecule has 0 fully saturated rings. The third kappa shape index (κ3) is 2.70. The largest absolute Gasteiger partial charge is 0.505 e. The van der Waals surface area contributed by atoms with Crippen LogP contribution in [0.2, 0.25) is 0 Å². The van der Waals surface area contributed by atoms with Crippen LogP contribution < -0.4 is 5.56 Å². The highest BCUT2D eigenvalue weighted by molar-refractivity contribution is 5.49. The van der Waals surface area contributed by atoms with Crippen molar-refractivity contribution in [1.82, 2.24) is 4.57 Å². The van der Waals surface area contributed by atoms with Crippen molar-refractivity contribution in [2.75, 3.05) is 0 Å². The molecular weight excluding hydrogens is 244 g/mol. The first-order chi connectivity index (χ1) is 9.13. The average molecular weight is 258 g/mol. The number of benzene rings is 1. The summed E-state index contributed by atoms with van der Waals surface area (Å²) in [5.74, 6) is -0.367. The number of aryl methyl sites for hydroxylation is 2. The Balaban J connectivity index is 2.31. The van der Waals surface area contributed by atoms with E-state index < -0.39 is 11.2 Å². The van der Waals surface area contributed by atoms with Crippen molar-refractivity contribution in [3.8, 4) is 5.75 Å². The predicted molar refractivity (Wildman–Crippen MR) is 72.7 cm³/mol. The van der Waals surface area contributed by atoms with E-state index >= 15 is 0 Å². The van der Waals surface area contributed by atoms with Crippen LogP contribution in [0.5, 0.6) is 5.75 Å². The highest BCUT2D eigenvalue weighted by Gasteiger charge is 2.12. The number of aromatic hydroxyl groups is 1. The normalized spacial score (nSPS) is 10.4. The van der Waals surface area contributed by atoms with E-state index in [0.29, 0.717) is 18.7 Å². The van der Waals surface area contributed by atoms with Crippen LogP contribution in [-0.4, -0.2) is 9.67 Å². The molecule has 0 amide bonds. The molecule has 0 saturated carbocycles. The molecule has 1 aromatic heterocycles. The smallest absolute Gasteiger partial charge is 0.284 e. The van der Waals surface area contributed by atoms with Crippen LogP contribution in [0.3, 0.4) is 0 Å². The molecule has 0 aliphatic heterocycles. The van der Waals surface area contributed by atoms with E-state index in [2.05, 4.69) is 5.18 Å². The first-order valence-electron chi connectivity index (χ1n) is 5.94. The van der Waals surface area contributed by atoms with E-state index in [1.807, 2.05) is 30.3 Å². The van der Waals surface area contributed by atoms with Crippen molar-refractivity contribution in [1.29, 1.82) is 0 Å². The standard InChI is InChI=1S/C14H14N2O3/c1-10-9-12(17)13(15-19)14(18)16(10)8-7-11-5-3-2-4-6-11/h2-6,9,17H,7-8H2,1H3. The second-order valence-electron chi connectivity index (χ2n) is 4.30. The Labute approximate surface area is 110 Å². The second kappa shape index (κ2) is 5.48. The van der Waals surface area contributed by atoms with Gasteiger partial charge in [-0.15, -0.1) is 4.91 Å². The zero-order chi connectivity index (χ0) is 13.8. The molecule has 5 heteroatoms. The average Bonchev–Trinajstić information content (AvgIpc) is 2.39. The molecule has 2 rings (SSSR count). The molecule has 0 radical (unpaired) electrons. The van der Waals surface area contributed by atoms with Gasteiger partial charge in [-0.05, 0) is 24.1 Å². The number of nitrogens with zero attached hydrogens (tertiary/aromatic N) is 2. The van der Waals surface area contributed by atoms with Gasteiger partial charge in [0.05, 0.1) is 0 Å². The predicted octanol–water partition coefficient (Wildman–Crippen LogP) is 2.50. The Morgan fingerprint density at radius 1 is 1.26 bits per heavy atom. The summed E-state index contributed by atoms with van der Waals surface area (Å²) in [7, 11) is 0. The van der Waals surface area contributed by atoms with Gasteiger partial charge in [0, 0.05) is 18.3 Å². The molecule has 98 valence electrons. The van der Waals surface area contributed by atoms with Crippen molar-refractivity contribution < 1.29 is 5.11 Å². The van der Waals surface area contributed by atoms with E-state index in [1.54, 1.807) is 6.92 Å². The van der Waals surface area contributed by atoms with Gasteiger partial charge in [-0.2, -0.15) is 0 Å². The van der Waals surface area contributed by atoms with Gasteiger partial charge in [0.1, 0.15) is 0 Å². The Morgan fingerprint density at radius 3 is 2.58 bits per heavy atom. The quantitative estimate of drug-likeness (QED) is 0.856. The van der Waals surface area contributed by atoms with Crippen molar-refractivity contribution in [2.24, 2.45) is 5.18 Å². The van der Waals surface area contributed by atoms with Crippen LogP contribution in [-0.2, 0) is 13.0 Å². The summed E-state index contributed by atoms with van der Waals surface area (Å²) in [6, 6.07) is 11.1. The lowest BCUT2D eigenvalue weighted by atomic mass is 10.1. The first kappa shape index (κ1) is 13.0. The molecular formula is C14H14N2O3. The number of rotatable bonds is 4. The lowest BCUT2D eigenvalue weighted by Gasteiger charge is -2.11. The maximum Gasteiger partial charge on any atom is 0.284 e. The third-order valence-electron chi connectivity index (χ3n) is 3.02. The summed E-state index contributed by atoms with van der Waals surface area (Å²) < 4.78 is 1.45. The van der Waals surface area contributed by atoms with Gasteiger partial charge in [0.25, 0.3) is 5.56 Å². The summed E-state index contributed by atoms with van der Waals surface area (Å²) in [5, 5.41) is 12.1. The van der Waals surface area contributed by atoms with Gasteiger partial charge in [-0.3, -0.25) is 4.79 Å². The molecule has 0 atom stereocenters. The molecule has 0 aliphatic rings. The lowest BCUT2D eigenvalue weighted by molar-refractivity contribution is 0.471. The third-order valence-corrected chi connectivity index (χ3v) is 3.02. The number of aromatic nitrogens is 1. The Morgan fingerprint density at radius 2 is 1.95 bits per heavy atom. The minimum Gasteiger partial charge on any atom is -0.505 e. The molecule has 2 aromatic rings. The minimum absolute atomic E-state index is 0.367. The van der Waals surface area contributed by atoms with E-state index in [4.69, 9.17) is 0 Å². The maximum absolute atomic E-state index is 12.0. The molecule has 0 saturated heterocycles. The molecule has 0 bridgehead atoms. The van der Waals surface area contributed by atoms with E-state index in [9.17, 15) is 14.8 Å². The lowest BCUT2D eigenvalue weighted by Crippen LogP contribution is -2.22. The van der Waals surface area contributed by atoms with E-state index in [1.165, 1.54) is 10.6 Å². The van der Waals surface area contributed by atoms with E-state index in [-0.39, 0.29) is 5.75 Å². The number of nitroso groups, excluding NO2 is 1. The molecule has 0 spiro atoms. The highest BCUT2D eigenvalue weighted by atomic mass is 16.3. The SMILES string of the molecule is Cc1cc(O)c(N=O)c(=O)n1CCc1ccccc1. The number of hydrogen-bond acceptors (Lipinski definition) is 4. The van der Waals surface area contributed by atoms with Gasteiger partial charge in [-0.25, -0.2) is 0 Å². The van der Waals surface area contributed by atoms with Crippen molar-refractivity contribution in [3.63, 3.8) is 0 Å². The molecule has 0 unspecified atom stereocenters. The van der Waals surface area contributed by atoms with Crippen molar-refractivity contribution in [3.05, 3.63) is 62.9 Å². The van der Waals surface area contributed by atoms with Crippen LogP contribution >= 0.6 is 0 Å². The van der Waals surface area contributed by atoms with Crippen LogP contribution in [0.4, 0.5) is 5.69 Å². The fourth-order valence-corrected chi connectivity index (χ4v) is 1.99. The monoisotopic (exact) mass is 258 g/mol. The molecule has 5 nitrogen and oxygen atoms in total. The molecule has 0 aliphatic carbocycles. The topological polar surface area (TPSA) is 71.7 Å². The van der Waals surface area contributed by atoms with Crippen LogP contribution in [0, 0.1) is 11.8 Å². The zero-order valence-electron chi connectivity index (χ0n) is 10.5. The molecule has 19 heavy (non-hydrogen) atoms. The van der Waals surface area contributed by atoms with Gasteiger partial charge in [-0.1, -0.05) is 30.3 Å². The summed E-state index contributed by atoms with van der Waals surface area (Å²) in [5.41, 5.74) is 0.718.